The molecule has 4 nitrogen and oxygen atoms in total. The highest BCUT2D eigenvalue weighted by Crippen LogP contribution is 2.17. The van der Waals surface area contributed by atoms with Crippen molar-refractivity contribution in [1.82, 2.24) is 9.97 Å². The molecule has 3 rings (SSSR count). The molecule has 0 bridgehead atoms. The van der Waals surface area contributed by atoms with Crippen LogP contribution in [-0.2, 0) is 0 Å². The van der Waals surface area contributed by atoms with Crippen molar-refractivity contribution in [2.45, 2.75) is 6.92 Å². The predicted molar refractivity (Wildman–Crippen MR) is 83.6 cm³/mol. The molecule has 0 saturated carbocycles. The molecule has 0 atom stereocenters. The van der Waals surface area contributed by atoms with Crippen molar-refractivity contribution in [2.75, 3.05) is 0 Å². The van der Waals surface area contributed by atoms with Gasteiger partial charge in [-0.05, 0) is 19.1 Å². The number of aryl methyl sites for hydroxylation is 1. The van der Waals surface area contributed by atoms with Crippen LogP contribution in [0.2, 0.25) is 0 Å². The Morgan fingerprint density at radius 2 is 1.55 bits per heavy atom. The number of hydrogen-bond donors (Lipinski definition) is 0. The van der Waals surface area contributed by atoms with E-state index in [-0.39, 0.29) is 0 Å². The summed E-state index contributed by atoms with van der Waals surface area (Å²) in [5.41, 5.74) is 2.59. The number of ether oxygens (including phenoxy) is 1. The van der Waals surface area contributed by atoms with Gasteiger partial charge in [-0.2, -0.15) is 0 Å². The molecule has 0 saturated heterocycles. The molecule has 0 radical (unpaired) electrons. The zero-order chi connectivity index (χ0) is 15.4. The molecule has 3 aromatic rings. The topological polar surface area (TPSA) is 52.1 Å². The summed E-state index contributed by atoms with van der Waals surface area (Å²) in [5, 5.41) is 0. The van der Waals surface area contributed by atoms with Crippen molar-refractivity contribution >= 4 is 5.97 Å². The zero-order valence-corrected chi connectivity index (χ0v) is 12.1. The van der Waals surface area contributed by atoms with Crippen molar-refractivity contribution in [2.24, 2.45) is 0 Å². The van der Waals surface area contributed by atoms with Crippen LogP contribution in [-0.4, -0.2) is 15.9 Å². The molecule has 0 spiro atoms. The third-order valence-electron chi connectivity index (χ3n) is 3.16. The standard InChI is InChI=1S/C18H14N2O2/c1-13-7-9-14(10-8-13)17-19-11-16(12-20-17)22-18(21)15-5-3-2-4-6-15/h2-12H,1H3. The molecule has 0 N–H and O–H groups in total. The quantitative estimate of drug-likeness (QED) is 0.691. The second-order valence-electron chi connectivity index (χ2n) is 4.86. The van der Waals surface area contributed by atoms with Crippen molar-refractivity contribution in [1.29, 1.82) is 0 Å². The van der Waals surface area contributed by atoms with Gasteiger partial charge in [-0.3, -0.25) is 0 Å². The van der Waals surface area contributed by atoms with Gasteiger partial charge in [0.2, 0.25) is 0 Å². The second-order valence-corrected chi connectivity index (χ2v) is 4.86. The number of carbonyl (C=O) groups excluding carboxylic acids is 1. The van der Waals surface area contributed by atoms with E-state index in [4.69, 9.17) is 4.74 Å². The Kier molecular flexibility index (Phi) is 3.92. The Labute approximate surface area is 128 Å². The number of carbonyl (C=O) groups is 1. The van der Waals surface area contributed by atoms with E-state index in [0.717, 1.165) is 5.56 Å². The molecule has 0 unspecified atom stereocenters. The Morgan fingerprint density at radius 1 is 0.909 bits per heavy atom. The summed E-state index contributed by atoms with van der Waals surface area (Å²) in [6, 6.07) is 16.7. The van der Waals surface area contributed by atoms with Crippen LogP contribution in [0.4, 0.5) is 0 Å². The normalized spacial score (nSPS) is 10.2. The van der Waals surface area contributed by atoms with Gasteiger partial charge < -0.3 is 4.74 Å². The van der Waals surface area contributed by atoms with Gasteiger partial charge in [-0.15, -0.1) is 0 Å². The molecule has 1 aromatic heterocycles. The first-order valence-corrected chi connectivity index (χ1v) is 6.89. The van der Waals surface area contributed by atoms with Gasteiger partial charge in [-0.25, -0.2) is 14.8 Å². The first kappa shape index (κ1) is 13.9. The van der Waals surface area contributed by atoms with E-state index in [1.807, 2.05) is 37.3 Å². The summed E-state index contributed by atoms with van der Waals surface area (Å²) in [4.78, 5) is 20.4. The lowest BCUT2D eigenvalue weighted by Gasteiger charge is -2.05. The highest BCUT2D eigenvalue weighted by Gasteiger charge is 2.09. The molecule has 0 aliphatic heterocycles. The van der Waals surface area contributed by atoms with Gasteiger partial charge in [-0.1, -0.05) is 48.0 Å². The summed E-state index contributed by atoms with van der Waals surface area (Å²) in [7, 11) is 0. The third kappa shape index (κ3) is 3.17. The molecule has 108 valence electrons. The van der Waals surface area contributed by atoms with Crippen LogP contribution in [0.3, 0.4) is 0 Å². The van der Waals surface area contributed by atoms with Gasteiger partial charge >= 0.3 is 5.97 Å². The van der Waals surface area contributed by atoms with Gasteiger partial charge in [0.1, 0.15) is 0 Å². The highest BCUT2D eigenvalue weighted by molar-refractivity contribution is 5.90. The average molecular weight is 290 g/mol. The Morgan fingerprint density at radius 3 is 2.18 bits per heavy atom. The molecule has 0 aliphatic rings. The lowest BCUT2D eigenvalue weighted by molar-refractivity contribution is 0.0733. The highest BCUT2D eigenvalue weighted by atomic mass is 16.5. The van der Waals surface area contributed by atoms with Crippen LogP contribution in [0.15, 0.2) is 67.0 Å². The smallest absolute Gasteiger partial charge is 0.343 e. The van der Waals surface area contributed by atoms with Gasteiger partial charge in [0.05, 0.1) is 18.0 Å². The third-order valence-corrected chi connectivity index (χ3v) is 3.16. The van der Waals surface area contributed by atoms with E-state index in [1.54, 1.807) is 24.3 Å². The van der Waals surface area contributed by atoms with Crippen LogP contribution < -0.4 is 4.74 Å². The Bertz CT molecular complexity index is 766. The van der Waals surface area contributed by atoms with Crippen molar-refractivity contribution < 1.29 is 9.53 Å². The summed E-state index contributed by atoms with van der Waals surface area (Å²) in [6.07, 6.45) is 3.01. The maximum atomic E-state index is 11.9. The fraction of sp³-hybridized carbons (Fsp3) is 0.0556. The summed E-state index contributed by atoms with van der Waals surface area (Å²) in [6.45, 7) is 2.02. The van der Waals surface area contributed by atoms with E-state index in [0.29, 0.717) is 17.1 Å². The molecular weight excluding hydrogens is 276 g/mol. The number of aromatic nitrogens is 2. The van der Waals surface area contributed by atoms with Crippen molar-refractivity contribution in [3.05, 3.63) is 78.1 Å². The number of esters is 1. The first-order valence-electron chi connectivity index (χ1n) is 6.89. The van der Waals surface area contributed by atoms with Crippen LogP contribution in [0.1, 0.15) is 15.9 Å². The Hall–Kier alpha value is -3.01. The fourth-order valence-corrected chi connectivity index (χ4v) is 1.96. The number of nitrogens with zero attached hydrogens (tertiary/aromatic N) is 2. The zero-order valence-electron chi connectivity index (χ0n) is 12.1. The number of hydrogen-bond acceptors (Lipinski definition) is 4. The van der Waals surface area contributed by atoms with Crippen molar-refractivity contribution in [3.63, 3.8) is 0 Å². The van der Waals surface area contributed by atoms with E-state index in [9.17, 15) is 4.79 Å². The van der Waals surface area contributed by atoms with Gasteiger partial charge in [0.15, 0.2) is 11.6 Å². The molecular formula is C18H14N2O2. The van der Waals surface area contributed by atoms with Crippen LogP contribution in [0.5, 0.6) is 5.75 Å². The minimum absolute atomic E-state index is 0.324. The van der Waals surface area contributed by atoms with E-state index in [2.05, 4.69) is 9.97 Å². The molecule has 1 heterocycles. The molecule has 22 heavy (non-hydrogen) atoms. The molecule has 0 amide bonds. The summed E-state index contributed by atoms with van der Waals surface area (Å²) in [5.74, 6) is 0.497. The fourth-order valence-electron chi connectivity index (χ4n) is 1.96. The van der Waals surface area contributed by atoms with Crippen LogP contribution >= 0.6 is 0 Å². The van der Waals surface area contributed by atoms with E-state index >= 15 is 0 Å². The summed E-state index contributed by atoms with van der Waals surface area (Å²) < 4.78 is 5.25. The molecule has 0 fully saturated rings. The van der Waals surface area contributed by atoms with Gasteiger partial charge in [0.25, 0.3) is 0 Å². The van der Waals surface area contributed by atoms with Crippen LogP contribution in [0, 0.1) is 6.92 Å². The molecule has 4 heteroatoms. The van der Waals surface area contributed by atoms with Crippen LogP contribution in [0.25, 0.3) is 11.4 Å². The lowest BCUT2D eigenvalue weighted by atomic mass is 10.1. The van der Waals surface area contributed by atoms with E-state index in [1.165, 1.54) is 18.0 Å². The maximum absolute atomic E-state index is 11.9. The first-order chi connectivity index (χ1) is 10.7. The molecule has 0 aliphatic carbocycles. The minimum Gasteiger partial charge on any atom is -0.420 e. The van der Waals surface area contributed by atoms with E-state index < -0.39 is 5.97 Å². The number of rotatable bonds is 3. The molecule has 2 aromatic carbocycles. The van der Waals surface area contributed by atoms with Crippen molar-refractivity contribution in [3.8, 4) is 17.1 Å². The predicted octanol–water partition coefficient (Wildman–Crippen LogP) is 3.67. The second kappa shape index (κ2) is 6.18. The number of benzene rings is 2. The Balaban J connectivity index is 1.74. The lowest BCUT2D eigenvalue weighted by Crippen LogP contribution is -2.08. The average Bonchev–Trinajstić information content (AvgIpc) is 2.57. The minimum atomic E-state index is -0.424. The summed E-state index contributed by atoms with van der Waals surface area (Å²) >= 11 is 0. The van der Waals surface area contributed by atoms with Gasteiger partial charge in [0, 0.05) is 5.56 Å². The monoisotopic (exact) mass is 290 g/mol. The largest absolute Gasteiger partial charge is 0.420 e. The maximum Gasteiger partial charge on any atom is 0.343 e. The SMILES string of the molecule is Cc1ccc(-c2ncc(OC(=O)c3ccccc3)cn2)cc1.